The number of nitrogens with zero attached hydrogens (tertiary/aromatic N) is 1. The van der Waals surface area contributed by atoms with Crippen LogP contribution in [0, 0.1) is 0 Å². The van der Waals surface area contributed by atoms with Crippen LogP contribution in [0.3, 0.4) is 0 Å². The largest absolute Gasteiger partial charge is 0.459 e. The Morgan fingerprint density at radius 1 is 1.10 bits per heavy atom. The molecule has 1 aliphatic rings. The van der Waals surface area contributed by atoms with E-state index in [1.165, 1.54) is 18.4 Å². The lowest BCUT2D eigenvalue weighted by molar-refractivity contribution is -0.137. The van der Waals surface area contributed by atoms with Gasteiger partial charge in [0.05, 0.1) is 23.2 Å². The van der Waals surface area contributed by atoms with E-state index in [0.29, 0.717) is 12.1 Å². The molecule has 162 valence electrons. The van der Waals surface area contributed by atoms with E-state index >= 15 is 0 Å². The van der Waals surface area contributed by atoms with Crippen molar-refractivity contribution in [3.05, 3.63) is 47.9 Å². The van der Waals surface area contributed by atoms with E-state index < -0.39 is 17.6 Å². The highest BCUT2D eigenvalue weighted by Gasteiger charge is 2.31. The first-order valence-corrected chi connectivity index (χ1v) is 9.92. The molecule has 0 bridgehead atoms. The van der Waals surface area contributed by atoms with Gasteiger partial charge in [0.2, 0.25) is 5.91 Å². The van der Waals surface area contributed by atoms with E-state index in [2.05, 4.69) is 10.6 Å². The molecule has 0 saturated carbocycles. The molecule has 3 rings (SSSR count). The van der Waals surface area contributed by atoms with Crippen LogP contribution < -0.4 is 15.5 Å². The topological polar surface area (TPSA) is 74.6 Å². The smallest absolute Gasteiger partial charge is 0.416 e. The van der Waals surface area contributed by atoms with Gasteiger partial charge < -0.3 is 20.0 Å². The maximum atomic E-state index is 13.1. The highest BCUT2D eigenvalue weighted by atomic mass is 19.4. The van der Waals surface area contributed by atoms with Crippen LogP contribution in [0.5, 0.6) is 0 Å². The first-order chi connectivity index (χ1) is 14.3. The molecule has 0 radical (unpaired) electrons. The van der Waals surface area contributed by atoms with Crippen LogP contribution in [0.15, 0.2) is 41.0 Å². The maximum Gasteiger partial charge on any atom is 0.416 e. The molecular weight excluding hydrogens is 399 g/mol. The number of alkyl halides is 3. The summed E-state index contributed by atoms with van der Waals surface area (Å²) >= 11 is 0. The third-order valence-corrected chi connectivity index (χ3v) is 4.91. The third-order valence-electron chi connectivity index (χ3n) is 4.91. The zero-order valence-electron chi connectivity index (χ0n) is 16.4. The summed E-state index contributed by atoms with van der Waals surface area (Å²) in [7, 11) is 0. The third kappa shape index (κ3) is 5.77. The van der Waals surface area contributed by atoms with Crippen molar-refractivity contribution in [1.82, 2.24) is 5.32 Å². The summed E-state index contributed by atoms with van der Waals surface area (Å²) in [6, 6.07) is 6.58. The first kappa shape index (κ1) is 21.7. The van der Waals surface area contributed by atoms with Crippen molar-refractivity contribution in [2.75, 3.05) is 29.9 Å². The number of furan rings is 1. The van der Waals surface area contributed by atoms with Crippen molar-refractivity contribution in [2.45, 2.75) is 38.3 Å². The van der Waals surface area contributed by atoms with Crippen LogP contribution in [0.25, 0.3) is 0 Å². The minimum absolute atomic E-state index is 0.0636. The van der Waals surface area contributed by atoms with E-state index in [4.69, 9.17) is 4.42 Å². The second-order valence-corrected chi connectivity index (χ2v) is 7.16. The van der Waals surface area contributed by atoms with Crippen molar-refractivity contribution in [3.63, 3.8) is 0 Å². The maximum absolute atomic E-state index is 13.1. The van der Waals surface area contributed by atoms with Crippen LogP contribution in [0.4, 0.5) is 24.5 Å². The first-order valence-electron chi connectivity index (χ1n) is 9.92. The Morgan fingerprint density at radius 3 is 2.53 bits per heavy atom. The quantitative estimate of drug-likeness (QED) is 0.646. The van der Waals surface area contributed by atoms with E-state index in [1.54, 1.807) is 6.07 Å². The molecule has 1 saturated heterocycles. The van der Waals surface area contributed by atoms with Crippen LogP contribution in [0.2, 0.25) is 0 Å². The predicted octanol–water partition coefficient (Wildman–Crippen LogP) is 4.44. The normalized spacial score (nSPS) is 14.4. The number of rotatable bonds is 7. The Bertz CT molecular complexity index is 860. The average molecular weight is 423 g/mol. The number of carbonyl (C=O) groups is 2. The summed E-state index contributed by atoms with van der Waals surface area (Å²) in [4.78, 5) is 26.1. The summed E-state index contributed by atoms with van der Waals surface area (Å²) in [5.41, 5.74) is -0.0391. The molecule has 0 atom stereocenters. The standard InChI is InChI=1S/C21H24F3N3O3/c22-21(23,24)15-8-9-17(27-11-2-1-3-12-27)16(14-15)26-19(28)7-4-10-25-20(29)18-6-5-13-30-18/h5-6,8-9,13-14H,1-4,7,10-12H2,(H,25,29)(H,26,28). The van der Waals surface area contributed by atoms with E-state index in [9.17, 15) is 22.8 Å². The Hall–Kier alpha value is -2.97. The summed E-state index contributed by atoms with van der Waals surface area (Å²) in [6.07, 6.45) is 0.313. The van der Waals surface area contributed by atoms with Gasteiger partial charge in [-0.3, -0.25) is 9.59 Å². The minimum atomic E-state index is -4.49. The number of nitrogens with one attached hydrogen (secondary N) is 2. The summed E-state index contributed by atoms with van der Waals surface area (Å²) in [5, 5.41) is 5.25. The number of piperidine rings is 1. The van der Waals surface area contributed by atoms with Crippen molar-refractivity contribution in [1.29, 1.82) is 0 Å². The molecule has 2 amide bonds. The lowest BCUT2D eigenvalue weighted by Crippen LogP contribution is -2.30. The predicted molar refractivity (Wildman–Crippen MR) is 106 cm³/mol. The average Bonchev–Trinajstić information content (AvgIpc) is 3.26. The van der Waals surface area contributed by atoms with Crippen molar-refractivity contribution >= 4 is 23.2 Å². The Morgan fingerprint density at radius 2 is 1.87 bits per heavy atom. The van der Waals surface area contributed by atoms with Crippen LogP contribution in [-0.2, 0) is 11.0 Å². The number of amides is 2. The van der Waals surface area contributed by atoms with Gasteiger partial charge in [-0.25, -0.2) is 0 Å². The number of hydrogen-bond donors (Lipinski definition) is 2. The molecule has 9 heteroatoms. The van der Waals surface area contributed by atoms with Gasteiger partial charge in [-0.2, -0.15) is 13.2 Å². The monoisotopic (exact) mass is 423 g/mol. The molecule has 1 fully saturated rings. The van der Waals surface area contributed by atoms with E-state index in [1.807, 2.05) is 4.90 Å². The van der Waals surface area contributed by atoms with Gasteiger partial charge in [0.1, 0.15) is 0 Å². The zero-order valence-corrected chi connectivity index (χ0v) is 16.4. The zero-order chi connectivity index (χ0) is 21.6. The summed E-state index contributed by atoms with van der Waals surface area (Å²) < 4.78 is 44.4. The molecule has 1 aromatic carbocycles. The molecule has 0 spiro atoms. The molecule has 2 heterocycles. The molecule has 1 aromatic heterocycles. The van der Waals surface area contributed by atoms with Gasteiger partial charge in [-0.1, -0.05) is 0 Å². The van der Waals surface area contributed by atoms with E-state index in [0.717, 1.165) is 44.5 Å². The summed E-state index contributed by atoms with van der Waals surface area (Å²) in [5.74, 6) is -0.611. The molecule has 2 aromatic rings. The van der Waals surface area contributed by atoms with Gasteiger partial charge >= 0.3 is 6.18 Å². The molecular formula is C21H24F3N3O3. The van der Waals surface area contributed by atoms with Crippen molar-refractivity contribution in [3.8, 4) is 0 Å². The van der Waals surface area contributed by atoms with Gasteiger partial charge in [0.25, 0.3) is 5.91 Å². The molecule has 0 aliphatic carbocycles. The van der Waals surface area contributed by atoms with Crippen molar-refractivity contribution in [2.24, 2.45) is 0 Å². The van der Waals surface area contributed by atoms with E-state index in [-0.39, 0.29) is 30.3 Å². The minimum Gasteiger partial charge on any atom is -0.459 e. The second kappa shape index (κ2) is 9.69. The molecule has 0 unspecified atom stereocenters. The van der Waals surface area contributed by atoms with Gasteiger partial charge in [0.15, 0.2) is 5.76 Å². The van der Waals surface area contributed by atoms with Crippen LogP contribution in [-0.4, -0.2) is 31.4 Å². The number of halogens is 3. The Kier molecular flexibility index (Phi) is 7.02. The van der Waals surface area contributed by atoms with Gasteiger partial charge in [-0.05, 0) is 56.0 Å². The number of benzene rings is 1. The Balaban J connectivity index is 1.60. The number of carbonyl (C=O) groups excluding carboxylic acids is 2. The number of anilines is 2. The Labute approximate surface area is 172 Å². The highest BCUT2D eigenvalue weighted by molar-refractivity contribution is 5.95. The summed E-state index contributed by atoms with van der Waals surface area (Å²) in [6.45, 7) is 1.73. The lowest BCUT2D eigenvalue weighted by Gasteiger charge is -2.31. The second-order valence-electron chi connectivity index (χ2n) is 7.16. The molecule has 30 heavy (non-hydrogen) atoms. The lowest BCUT2D eigenvalue weighted by atomic mass is 10.1. The van der Waals surface area contributed by atoms with Gasteiger partial charge in [0, 0.05) is 26.1 Å². The fraction of sp³-hybridized carbons (Fsp3) is 0.429. The molecule has 6 nitrogen and oxygen atoms in total. The van der Waals surface area contributed by atoms with Crippen LogP contribution in [0.1, 0.15) is 48.2 Å². The van der Waals surface area contributed by atoms with Crippen molar-refractivity contribution < 1.29 is 27.2 Å². The molecule has 2 N–H and O–H groups in total. The van der Waals surface area contributed by atoms with Gasteiger partial charge in [-0.15, -0.1) is 0 Å². The fourth-order valence-corrected chi connectivity index (χ4v) is 3.38. The highest BCUT2D eigenvalue weighted by Crippen LogP contribution is 2.36. The fourth-order valence-electron chi connectivity index (χ4n) is 3.38. The SMILES string of the molecule is O=C(CCCNC(=O)c1ccco1)Nc1cc(C(F)(F)F)ccc1N1CCCCC1. The molecule has 1 aliphatic heterocycles. The van der Waals surface area contributed by atoms with Crippen LogP contribution >= 0.6 is 0 Å². The number of hydrogen-bond acceptors (Lipinski definition) is 4.